The van der Waals surface area contributed by atoms with Crippen molar-refractivity contribution in [3.05, 3.63) is 87.9 Å². The number of hydrogen-bond donors (Lipinski definition) is 3. The summed E-state index contributed by atoms with van der Waals surface area (Å²) in [7, 11) is 3.80. The van der Waals surface area contributed by atoms with Crippen LogP contribution in [0.1, 0.15) is 23.5 Å². The molecule has 1 aliphatic heterocycles. The van der Waals surface area contributed by atoms with Crippen molar-refractivity contribution in [1.29, 1.82) is 0 Å². The molecule has 1 heterocycles. The van der Waals surface area contributed by atoms with Gasteiger partial charge in [0, 0.05) is 47.1 Å². The number of carbonyl (C=O) groups excluding carboxylic acids is 3. The van der Waals surface area contributed by atoms with E-state index in [-0.39, 0.29) is 18.9 Å². The van der Waals surface area contributed by atoms with Crippen molar-refractivity contribution in [2.24, 2.45) is 5.73 Å². The molecule has 4 N–H and O–H groups in total. The standard InChI is InChI=1S/C27H27Cl2N5O3/c1-33(2)20-5-3-4-19(13-20)31-27(37)32-23-14-22(16-6-8-17(28)9-7-16)21-11-10-18(29)12-24(21)34(26(23)36)15-25(30)35/h3-13,22-23H,14-15H2,1-2H3,(H2,30,35)(H2,31,32,37). The van der Waals surface area contributed by atoms with Crippen molar-refractivity contribution >= 4 is 58.1 Å². The molecule has 3 aromatic rings. The molecule has 0 saturated carbocycles. The molecule has 0 saturated heterocycles. The maximum absolute atomic E-state index is 13.7. The molecular weight excluding hydrogens is 513 g/mol. The van der Waals surface area contributed by atoms with Gasteiger partial charge in [-0.25, -0.2) is 4.79 Å². The van der Waals surface area contributed by atoms with E-state index in [1.807, 2.05) is 55.4 Å². The van der Waals surface area contributed by atoms with E-state index in [1.165, 1.54) is 4.90 Å². The van der Waals surface area contributed by atoms with E-state index in [0.717, 1.165) is 16.8 Å². The van der Waals surface area contributed by atoms with Crippen LogP contribution in [0.3, 0.4) is 0 Å². The monoisotopic (exact) mass is 539 g/mol. The van der Waals surface area contributed by atoms with Gasteiger partial charge in [0.1, 0.15) is 12.6 Å². The van der Waals surface area contributed by atoms with Crippen LogP contribution in [0.15, 0.2) is 66.7 Å². The second-order valence-corrected chi connectivity index (χ2v) is 9.90. The van der Waals surface area contributed by atoms with Gasteiger partial charge in [-0.15, -0.1) is 0 Å². The highest BCUT2D eigenvalue weighted by molar-refractivity contribution is 6.31. The van der Waals surface area contributed by atoms with Gasteiger partial charge in [-0.05, 0) is 60.0 Å². The number of nitrogens with zero attached hydrogens (tertiary/aromatic N) is 2. The van der Waals surface area contributed by atoms with E-state index in [2.05, 4.69) is 10.6 Å². The Hall–Kier alpha value is -3.75. The van der Waals surface area contributed by atoms with Crippen LogP contribution in [0.5, 0.6) is 0 Å². The Labute approximate surface area is 225 Å². The highest BCUT2D eigenvalue weighted by atomic mass is 35.5. The van der Waals surface area contributed by atoms with E-state index >= 15 is 0 Å². The smallest absolute Gasteiger partial charge is 0.319 e. The lowest BCUT2D eigenvalue weighted by molar-refractivity contribution is -0.123. The third-order valence-corrected chi connectivity index (χ3v) is 6.69. The van der Waals surface area contributed by atoms with Crippen LogP contribution < -0.4 is 26.2 Å². The average molecular weight is 540 g/mol. The van der Waals surface area contributed by atoms with Gasteiger partial charge in [0.15, 0.2) is 0 Å². The normalized spacial score (nSPS) is 17.0. The van der Waals surface area contributed by atoms with Gasteiger partial charge in [0.25, 0.3) is 0 Å². The molecule has 37 heavy (non-hydrogen) atoms. The van der Waals surface area contributed by atoms with Crippen LogP contribution in [0.25, 0.3) is 0 Å². The van der Waals surface area contributed by atoms with Crippen molar-refractivity contribution in [1.82, 2.24) is 5.32 Å². The number of nitrogens with two attached hydrogens (primary N) is 1. The minimum atomic E-state index is -0.955. The zero-order chi connectivity index (χ0) is 26.7. The second kappa shape index (κ2) is 11.1. The number of amides is 4. The number of rotatable bonds is 6. The van der Waals surface area contributed by atoms with Crippen molar-refractivity contribution < 1.29 is 14.4 Å². The SMILES string of the molecule is CN(C)c1cccc(NC(=O)NC2CC(c3ccc(Cl)cc3)c3ccc(Cl)cc3N(CC(N)=O)C2=O)c1. The Kier molecular flexibility index (Phi) is 7.90. The molecule has 2 atom stereocenters. The van der Waals surface area contributed by atoms with Crippen LogP contribution in [-0.4, -0.2) is 44.5 Å². The number of halogens is 2. The fourth-order valence-corrected chi connectivity index (χ4v) is 4.75. The molecule has 192 valence electrons. The van der Waals surface area contributed by atoms with E-state index < -0.39 is 23.9 Å². The molecule has 3 aromatic carbocycles. The van der Waals surface area contributed by atoms with Crippen molar-refractivity contribution in [3.8, 4) is 0 Å². The van der Waals surface area contributed by atoms with Crippen molar-refractivity contribution in [2.75, 3.05) is 35.8 Å². The zero-order valence-electron chi connectivity index (χ0n) is 20.4. The molecule has 4 rings (SSSR count). The highest BCUT2D eigenvalue weighted by Gasteiger charge is 2.37. The zero-order valence-corrected chi connectivity index (χ0v) is 21.9. The molecule has 0 fully saturated rings. The van der Waals surface area contributed by atoms with Crippen LogP contribution in [-0.2, 0) is 9.59 Å². The molecule has 0 spiro atoms. The molecule has 2 unspecified atom stereocenters. The quantitative estimate of drug-likeness (QED) is 0.425. The number of hydrogen-bond acceptors (Lipinski definition) is 4. The number of fused-ring (bicyclic) bond motifs is 1. The summed E-state index contributed by atoms with van der Waals surface area (Å²) >= 11 is 12.4. The molecule has 0 aliphatic carbocycles. The summed E-state index contributed by atoms with van der Waals surface area (Å²) in [5.41, 5.74) is 9.13. The van der Waals surface area contributed by atoms with Crippen LogP contribution in [0.2, 0.25) is 10.0 Å². The van der Waals surface area contributed by atoms with E-state index in [0.29, 0.717) is 21.4 Å². The summed E-state index contributed by atoms with van der Waals surface area (Å²) in [5.74, 6) is -1.45. The Morgan fingerprint density at radius 1 is 1.03 bits per heavy atom. The number of anilines is 3. The lowest BCUT2D eigenvalue weighted by atomic mass is 9.86. The van der Waals surface area contributed by atoms with Gasteiger partial charge in [-0.3, -0.25) is 9.59 Å². The third kappa shape index (κ3) is 6.15. The second-order valence-electron chi connectivity index (χ2n) is 9.03. The number of carbonyl (C=O) groups is 3. The number of urea groups is 1. The van der Waals surface area contributed by atoms with Crippen molar-refractivity contribution in [3.63, 3.8) is 0 Å². The summed E-state index contributed by atoms with van der Waals surface area (Å²) in [6.07, 6.45) is 0.246. The molecule has 0 radical (unpaired) electrons. The topological polar surface area (TPSA) is 108 Å². The molecule has 8 nitrogen and oxygen atoms in total. The Morgan fingerprint density at radius 3 is 2.41 bits per heavy atom. The minimum absolute atomic E-state index is 0.246. The molecule has 0 bridgehead atoms. The van der Waals surface area contributed by atoms with Gasteiger partial charge >= 0.3 is 6.03 Å². The largest absolute Gasteiger partial charge is 0.378 e. The van der Waals surface area contributed by atoms with E-state index in [9.17, 15) is 14.4 Å². The average Bonchev–Trinajstić information content (AvgIpc) is 2.95. The lowest BCUT2D eigenvalue weighted by Gasteiger charge is -2.25. The Bertz CT molecular complexity index is 1330. The first-order valence-electron chi connectivity index (χ1n) is 11.6. The van der Waals surface area contributed by atoms with Crippen LogP contribution >= 0.6 is 23.2 Å². The maximum atomic E-state index is 13.7. The Morgan fingerprint density at radius 2 is 1.73 bits per heavy atom. The molecule has 1 aliphatic rings. The van der Waals surface area contributed by atoms with Gasteiger partial charge < -0.3 is 26.2 Å². The minimum Gasteiger partial charge on any atom is -0.378 e. The van der Waals surface area contributed by atoms with Gasteiger partial charge in [0.2, 0.25) is 11.8 Å². The van der Waals surface area contributed by atoms with Gasteiger partial charge in [-0.2, -0.15) is 0 Å². The van der Waals surface area contributed by atoms with E-state index in [1.54, 1.807) is 30.3 Å². The highest BCUT2D eigenvalue weighted by Crippen LogP contribution is 2.40. The number of primary amides is 1. The fraction of sp³-hybridized carbons (Fsp3) is 0.222. The summed E-state index contributed by atoms with van der Waals surface area (Å²) in [6.45, 7) is -0.357. The molecule has 0 aromatic heterocycles. The molecule has 10 heteroatoms. The molecular formula is C27H27Cl2N5O3. The van der Waals surface area contributed by atoms with Crippen LogP contribution in [0.4, 0.5) is 21.9 Å². The predicted molar refractivity (Wildman–Crippen MR) is 148 cm³/mol. The number of benzene rings is 3. The first kappa shape index (κ1) is 26.3. The number of nitrogens with one attached hydrogen (secondary N) is 2. The van der Waals surface area contributed by atoms with Crippen LogP contribution in [0, 0.1) is 0 Å². The van der Waals surface area contributed by atoms with Gasteiger partial charge in [-0.1, -0.05) is 47.5 Å². The summed E-state index contributed by atoms with van der Waals surface area (Å²) < 4.78 is 0. The summed E-state index contributed by atoms with van der Waals surface area (Å²) in [4.78, 5) is 41.9. The summed E-state index contributed by atoms with van der Waals surface area (Å²) in [6, 6.07) is 18.3. The lowest BCUT2D eigenvalue weighted by Crippen LogP contribution is -2.51. The Balaban J connectivity index is 1.70. The first-order chi connectivity index (χ1) is 17.6. The predicted octanol–water partition coefficient (Wildman–Crippen LogP) is 4.60. The third-order valence-electron chi connectivity index (χ3n) is 6.21. The summed E-state index contributed by atoms with van der Waals surface area (Å²) in [5, 5.41) is 6.58. The van der Waals surface area contributed by atoms with Gasteiger partial charge in [0.05, 0.1) is 0 Å². The van der Waals surface area contributed by atoms with Crippen molar-refractivity contribution in [2.45, 2.75) is 18.4 Å². The fourth-order valence-electron chi connectivity index (χ4n) is 4.45. The maximum Gasteiger partial charge on any atom is 0.319 e. The van der Waals surface area contributed by atoms with E-state index in [4.69, 9.17) is 28.9 Å². The first-order valence-corrected chi connectivity index (χ1v) is 12.4. The molecule has 4 amide bonds.